The maximum atomic E-state index is 13.0. The van der Waals surface area contributed by atoms with E-state index in [9.17, 15) is 22.9 Å². The molecule has 10 heteroatoms. The molecule has 1 aromatic carbocycles. The minimum absolute atomic E-state index is 0.00681. The first kappa shape index (κ1) is 16.0. The number of halogens is 2. The molecule has 1 aromatic heterocycles. The van der Waals surface area contributed by atoms with Gasteiger partial charge in [0.2, 0.25) is 10.0 Å². The summed E-state index contributed by atoms with van der Waals surface area (Å²) < 4.78 is 40.3. The van der Waals surface area contributed by atoms with Crippen molar-refractivity contribution in [1.29, 1.82) is 0 Å². The fraction of sp³-hybridized carbons (Fsp3) is 0.0909. The van der Waals surface area contributed by atoms with E-state index in [1.54, 1.807) is 12.1 Å². The zero-order valence-electron chi connectivity index (χ0n) is 10.2. The molecule has 0 amide bonds. The summed E-state index contributed by atoms with van der Waals surface area (Å²) in [5.41, 5.74) is -0.796. The van der Waals surface area contributed by atoms with Crippen LogP contribution in [0.5, 0.6) is 0 Å². The van der Waals surface area contributed by atoms with Gasteiger partial charge in [0.1, 0.15) is 5.82 Å². The summed E-state index contributed by atoms with van der Waals surface area (Å²) in [5.74, 6) is -0.872. The molecule has 0 bridgehead atoms. The van der Waals surface area contributed by atoms with E-state index in [4.69, 9.17) is 0 Å². The molecule has 2 rings (SSSR count). The number of hydrogen-bond donors (Lipinski definition) is 1. The maximum absolute atomic E-state index is 13.0. The highest BCUT2D eigenvalue weighted by Gasteiger charge is 2.26. The molecule has 1 heterocycles. The Morgan fingerprint density at radius 2 is 2.05 bits per heavy atom. The lowest BCUT2D eigenvalue weighted by atomic mass is 10.3. The molecule has 0 aliphatic rings. The molecule has 0 saturated heterocycles. The van der Waals surface area contributed by atoms with E-state index >= 15 is 0 Å². The fourth-order valence-electron chi connectivity index (χ4n) is 1.55. The second-order valence-electron chi connectivity index (χ2n) is 3.90. The summed E-state index contributed by atoms with van der Waals surface area (Å²) in [5, 5.41) is 10.8. The van der Waals surface area contributed by atoms with Gasteiger partial charge in [-0.25, -0.2) is 17.5 Å². The van der Waals surface area contributed by atoms with Gasteiger partial charge < -0.3 is 0 Å². The van der Waals surface area contributed by atoms with Crippen LogP contribution >= 0.6 is 27.3 Å². The van der Waals surface area contributed by atoms with Crippen LogP contribution in [0, 0.1) is 15.9 Å². The van der Waals surface area contributed by atoms with Gasteiger partial charge in [-0.1, -0.05) is 0 Å². The second kappa shape index (κ2) is 6.18. The number of rotatable bonds is 5. The van der Waals surface area contributed by atoms with E-state index in [0.29, 0.717) is 6.07 Å². The Balaban J connectivity index is 2.29. The van der Waals surface area contributed by atoms with Crippen LogP contribution in [-0.2, 0) is 16.6 Å². The van der Waals surface area contributed by atoms with Crippen molar-refractivity contribution in [3.8, 4) is 0 Å². The van der Waals surface area contributed by atoms with Crippen LogP contribution in [0.25, 0.3) is 0 Å². The molecule has 0 fully saturated rings. The quantitative estimate of drug-likeness (QED) is 0.623. The van der Waals surface area contributed by atoms with Crippen molar-refractivity contribution in [2.24, 2.45) is 0 Å². The smallest absolute Gasteiger partial charge is 0.258 e. The van der Waals surface area contributed by atoms with Crippen LogP contribution < -0.4 is 4.72 Å². The van der Waals surface area contributed by atoms with E-state index in [2.05, 4.69) is 20.7 Å². The Morgan fingerprint density at radius 3 is 2.62 bits per heavy atom. The molecule has 0 spiro atoms. The highest BCUT2D eigenvalue weighted by atomic mass is 79.9. The van der Waals surface area contributed by atoms with Crippen LogP contribution in [-0.4, -0.2) is 13.3 Å². The Kier molecular flexibility index (Phi) is 4.71. The minimum atomic E-state index is -4.11. The number of hydrogen-bond acceptors (Lipinski definition) is 5. The van der Waals surface area contributed by atoms with Gasteiger partial charge in [-0.3, -0.25) is 10.1 Å². The van der Waals surface area contributed by atoms with Crippen molar-refractivity contribution < 1.29 is 17.7 Å². The zero-order chi connectivity index (χ0) is 15.6. The second-order valence-corrected chi connectivity index (χ2v) is 8.18. The Labute approximate surface area is 131 Å². The topological polar surface area (TPSA) is 89.3 Å². The Bertz CT molecular complexity index is 791. The monoisotopic (exact) mass is 394 g/mol. The summed E-state index contributed by atoms with van der Waals surface area (Å²) in [6.07, 6.45) is 0. The van der Waals surface area contributed by atoms with Gasteiger partial charge in [0.15, 0.2) is 4.90 Å². The zero-order valence-corrected chi connectivity index (χ0v) is 13.5. The van der Waals surface area contributed by atoms with Crippen molar-refractivity contribution in [2.45, 2.75) is 11.4 Å². The van der Waals surface area contributed by atoms with Crippen molar-refractivity contribution in [1.82, 2.24) is 4.72 Å². The van der Waals surface area contributed by atoms with Gasteiger partial charge in [-0.15, -0.1) is 11.3 Å². The molecule has 112 valence electrons. The van der Waals surface area contributed by atoms with E-state index in [1.807, 2.05) is 0 Å². The molecule has 0 radical (unpaired) electrons. The van der Waals surface area contributed by atoms with Gasteiger partial charge in [0.25, 0.3) is 5.69 Å². The van der Waals surface area contributed by atoms with Crippen LogP contribution in [0.2, 0.25) is 0 Å². The predicted molar refractivity (Wildman–Crippen MR) is 79.1 cm³/mol. The molecule has 0 saturated carbocycles. The lowest BCUT2D eigenvalue weighted by Crippen LogP contribution is -2.23. The number of nitrogens with zero attached hydrogens (tertiary/aromatic N) is 1. The van der Waals surface area contributed by atoms with Gasteiger partial charge >= 0.3 is 0 Å². The molecule has 1 N–H and O–H groups in total. The van der Waals surface area contributed by atoms with Crippen molar-refractivity contribution in [2.75, 3.05) is 0 Å². The molecule has 0 atom stereocenters. The third-order valence-electron chi connectivity index (χ3n) is 2.47. The standard InChI is InChI=1S/C11H8BrFN2O4S2/c12-11-4-2-8(20-11)6-14-21(18,19)10-3-1-7(13)5-9(10)15(16)17/h1-5,14H,6H2. The average molecular weight is 395 g/mol. The van der Waals surface area contributed by atoms with E-state index in [0.717, 1.165) is 20.8 Å². The van der Waals surface area contributed by atoms with Gasteiger partial charge in [0.05, 0.1) is 14.8 Å². The van der Waals surface area contributed by atoms with Crippen LogP contribution in [0.4, 0.5) is 10.1 Å². The molecule has 0 aliphatic carbocycles. The molecule has 6 nitrogen and oxygen atoms in total. The predicted octanol–water partition coefficient (Wildman–Crippen LogP) is 3.04. The van der Waals surface area contributed by atoms with Crippen LogP contribution in [0.15, 0.2) is 39.0 Å². The van der Waals surface area contributed by atoms with Crippen molar-refractivity contribution >= 4 is 43.0 Å². The highest BCUT2D eigenvalue weighted by Crippen LogP contribution is 2.26. The number of sulfonamides is 1. The van der Waals surface area contributed by atoms with Gasteiger partial charge in [-0.2, -0.15) is 0 Å². The Morgan fingerprint density at radius 1 is 1.33 bits per heavy atom. The van der Waals surface area contributed by atoms with E-state index < -0.39 is 31.3 Å². The summed E-state index contributed by atoms with van der Waals surface area (Å²) >= 11 is 4.58. The van der Waals surface area contributed by atoms with Crippen LogP contribution in [0.1, 0.15) is 4.88 Å². The first-order chi connectivity index (χ1) is 9.79. The Hall–Kier alpha value is -1.36. The maximum Gasteiger partial charge on any atom is 0.292 e. The summed E-state index contributed by atoms with van der Waals surface area (Å²) in [4.78, 5) is 10.1. The number of thiophene rings is 1. The number of nitro groups is 1. The first-order valence-electron chi connectivity index (χ1n) is 5.47. The lowest BCUT2D eigenvalue weighted by Gasteiger charge is -2.06. The third kappa shape index (κ3) is 3.84. The highest BCUT2D eigenvalue weighted by molar-refractivity contribution is 9.11. The van der Waals surface area contributed by atoms with E-state index in [1.165, 1.54) is 11.3 Å². The van der Waals surface area contributed by atoms with Gasteiger partial charge in [-0.05, 0) is 40.2 Å². The SMILES string of the molecule is O=[N+]([O-])c1cc(F)ccc1S(=O)(=O)NCc1ccc(Br)s1. The molecule has 2 aromatic rings. The van der Waals surface area contributed by atoms with Crippen molar-refractivity contribution in [3.63, 3.8) is 0 Å². The number of benzene rings is 1. The third-order valence-corrected chi connectivity index (χ3v) is 5.54. The number of nitrogens with one attached hydrogen (secondary N) is 1. The lowest BCUT2D eigenvalue weighted by molar-refractivity contribution is -0.388. The first-order valence-corrected chi connectivity index (χ1v) is 8.57. The molecule has 0 aliphatic heterocycles. The number of nitro benzene ring substituents is 1. The molecular weight excluding hydrogens is 387 g/mol. The average Bonchev–Trinajstić information content (AvgIpc) is 2.82. The molecular formula is C11H8BrFN2O4S2. The fourth-order valence-corrected chi connectivity index (χ4v) is 4.22. The molecule has 0 unspecified atom stereocenters. The minimum Gasteiger partial charge on any atom is -0.258 e. The summed E-state index contributed by atoms with van der Waals surface area (Å²) in [7, 11) is -4.11. The summed E-state index contributed by atoms with van der Waals surface area (Å²) in [6, 6.07) is 5.80. The summed E-state index contributed by atoms with van der Waals surface area (Å²) in [6.45, 7) is -0.00681. The largest absolute Gasteiger partial charge is 0.292 e. The van der Waals surface area contributed by atoms with Gasteiger partial charge in [0, 0.05) is 11.4 Å². The van der Waals surface area contributed by atoms with E-state index in [-0.39, 0.29) is 6.54 Å². The normalized spacial score (nSPS) is 11.5. The molecule has 21 heavy (non-hydrogen) atoms. The van der Waals surface area contributed by atoms with Crippen molar-refractivity contribution in [3.05, 3.63) is 54.9 Å². The van der Waals surface area contributed by atoms with Crippen LogP contribution in [0.3, 0.4) is 0 Å².